The highest BCUT2D eigenvalue weighted by molar-refractivity contribution is 7.91. The van der Waals surface area contributed by atoms with Crippen molar-refractivity contribution in [3.8, 4) is 0 Å². The standard InChI is InChI=1S/C19H21ClN4O6S2/c1-21-17(25)14-11-23(9-10-24(14)32(28,29)16-8-7-15(20)31-16)19(27)22-13-5-3-12(4-6-13)18(26)30-2/h3-8,14H,9-11H2,1-2H3,(H,21,25)(H,22,27). The number of piperazine rings is 1. The van der Waals surface area contributed by atoms with E-state index >= 15 is 0 Å². The number of nitrogens with zero attached hydrogens (tertiary/aromatic N) is 2. The number of halogens is 1. The Labute approximate surface area is 194 Å². The number of urea groups is 1. The van der Waals surface area contributed by atoms with Crippen LogP contribution in [0.2, 0.25) is 4.34 Å². The molecule has 13 heteroatoms. The third-order valence-corrected chi connectivity index (χ3v) is 8.44. The minimum absolute atomic E-state index is 0.0278. The quantitative estimate of drug-likeness (QED) is 0.603. The van der Waals surface area contributed by atoms with Gasteiger partial charge in [-0.3, -0.25) is 4.79 Å². The number of hydrogen-bond acceptors (Lipinski definition) is 7. The Morgan fingerprint density at radius 1 is 1.12 bits per heavy atom. The van der Waals surface area contributed by atoms with Crippen molar-refractivity contribution in [3.63, 3.8) is 0 Å². The van der Waals surface area contributed by atoms with Crippen LogP contribution in [0, 0.1) is 0 Å². The lowest BCUT2D eigenvalue weighted by molar-refractivity contribution is -0.125. The molecule has 1 fully saturated rings. The lowest BCUT2D eigenvalue weighted by Gasteiger charge is -2.39. The summed E-state index contributed by atoms with van der Waals surface area (Å²) in [5, 5.41) is 5.14. The molecule has 172 valence electrons. The number of methoxy groups -OCH3 is 1. The largest absolute Gasteiger partial charge is 0.465 e. The van der Waals surface area contributed by atoms with Gasteiger partial charge in [-0.1, -0.05) is 11.6 Å². The highest BCUT2D eigenvalue weighted by Crippen LogP contribution is 2.30. The minimum atomic E-state index is -3.96. The van der Waals surface area contributed by atoms with Crippen LogP contribution >= 0.6 is 22.9 Å². The van der Waals surface area contributed by atoms with E-state index in [0.29, 0.717) is 15.6 Å². The molecule has 1 aromatic heterocycles. The average molecular weight is 501 g/mol. The summed E-state index contributed by atoms with van der Waals surface area (Å²) in [6, 6.07) is 7.36. The van der Waals surface area contributed by atoms with Gasteiger partial charge >= 0.3 is 12.0 Å². The van der Waals surface area contributed by atoms with Gasteiger partial charge in [-0.25, -0.2) is 18.0 Å². The van der Waals surface area contributed by atoms with E-state index in [1.165, 1.54) is 43.3 Å². The first-order chi connectivity index (χ1) is 15.2. The fourth-order valence-corrected chi connectivity index (χ4v) is 6.36. The highest BCUT2D eigenvalue weighted by atomic mass is 35.5. The lowest BCUT2D eigenvalue weighted by atomic mass is 10.2. The maximum atomic E-state index is 13.1. The fraction of sp³-hybridized carbons (Fsp3) is 0.316. The number of benzene rings is 1. The van der Waals surface area contributed by atoms with Crippen LogP contribution < -0.4 is 10.6 Å². The number of amides is 3. The molecule has 2 N–H and O–H groups in total. The molecule has 1 aromatic carbocycles. The number of carbonyl (C=O) groups is 3. The van der Waals surface area contributed by atoms with Crippen LogP contribution in [0.4, 0.5) is 10.5 Å². The van der Waals surface area contributed by atoms with Crippen LogP contribution in [0.25, 0.3) is 0 Å². The number of anilines is 1. The molecule has 0 radical (unpaired) electrons. The maximum absolute atomic E-state index is 13.1. The van der Waals surface area contributed by atoms with Crippen LogP contribution in [-0.2, 0) is 19.6 Å². The second-order valence-corrected chi connectivity index (χ2v) is 10.6. The second-order valence-electron chi connectivity index (χ2n) is 6.75. The molecule has 2 aromatic rings. The van der Waals surface area contributed by atoms with E-state index in [4.69, 9.17) is 11.6 Å². The van der Waals surface area contributed by atoms with Crippen LogP contribution in [-0.4, -0.2) is 75.4 Å². The van der Waals surface area contributed by atoms with E-state index in [9.17, 15) is 22.8 Å². The van der Waals surface area contributed by atoms with E-state index in [0.717, 1.165) is 15.6 Å². The summed E-state index contributed by atoms with van der Waals surface area (Å²) < 4.78 is 32.2. The normalized spacial score (nSPS) is 17.0. The predicted molar refractivity (Wildman–Crippen MR) is 119 cm³/mol. The Morgan fingerprint density at radius 3 is 2.38 bits per heavy atom. The molecule has 1 aliphatic heterocycles. The number of likely N-dealkylation sites (N-methyl/N-ethyl adjacent to an activating group) is 1. The van der Waals surface area contributed by atoms with Gasteiger partial charge in [0, 0.05) is 32.4 Å². The summed E-state index contributed by atoms with van der Waals surface area (Å²) in [6.07, 6.45) is 0. The van der Waals surface area contributed by atoms with Gasteiger partial charge in [-0.05, 0) is 36.4 Å². The summed E-state index contributed by atoms with van der Waals surface area (Å²) in [5.74, 6) is -1.03. The number of rotatable bonds is 5. The van der Waals surface area contributed by atoms with Crippen molar-refractivity contribution in [2.45, 2.75) is 10.3 Å². The van der Waals surface area contributed by atoms with Crippen molar-refractivity contribution in [1.82, 2.24) is 14.5 Å². The van der Waals surface area contributed by atoms with Gasteiger partial charge in [0.1, 0.15) is 10.3 Å². The molecule has 0 spiro atoms. The van der Waals surface area contributed by atoms with E-state index in [1.807, 2.05) is 0 Å². The van der Waals surface area contributed by atoms with Crippen molar-refractivity contribution < 1.29 is 27.5 Å². The highest BCUT2D eigenvalue weighted by Gasteiger charge is 2.41. The van der Waals surface area contributed by atoms with E-state index < -0.39 is 34.0 Å². The molecule has 0 aliphatic carbocycles. The Hall–Kier alpha value is -2.67. The van der Waals surface area contributed by atoms with Gasteiger partial charge < -0.3 is 20.3 Å². The van der Waals surface area contributed by atoms with Gasteiger partial charge in [-0.2, -0.15) is 4.31 Å². The number of hydrogen-bond donors (Lipinski definition) is 2. The molecule has 1 saturated heterocycles. The second kappa shape index (κ2) is 9.86. The fourth-order valence-electron chi connectivity index (χ4n) is 3.18. The summed E-state index contributed by atoms with van der Waals surface area (Å²) in [4.78, 5) is 38.1. The van der Waals surface area contributed by atoms with Crippen LogP contribution in [0.1, 0.15) is 10.4 Å². The van der Waals surface area contributed by atoms with Gasteiger partial charge in [0.25, 0.3) is 10.0 Å². The third kappa shape index (κ3) is 5.04. The zero-order valence-corrected chi connectivity index (χ0v) is 19.6. The van der Waals surface area contributed by atoms with Gasteiger partial charge in [0.05, 0.1) is 17.0 Å². The Morgan fingerprint density at radius 2 is 1.81 bits per heavy atom. The van der Waals surface area contributed by atoms with Crippen LogP contribution in [0.5, 0.6) is 0 Å². The lowest BCUT2D eigenvalue weighted by Crippen LogP contribution is -2.61. The first-order valence-corrected chi connectivity index (χ1v) is 12.0. The molecule has 1 unspecified atom stereocenters. The van der Waals surface area contributed by atoms with Crippen molar-refractivity contribution in [3.05, 3.63) is 46.3 Å². The SMILES string of the molecule is CNC(=O)C1CN(C(=O)Nc2ccc(C(=O)OC)cc2)CCN1S(=O)(=O)c1ccc(Cl)s1. The molecule has 10 nitrogen and oxygen atoms in total. The number of nitrogens with one attached hydrogen (secondary N) is 2. The molecule has 1 aliphatic rings. The van der Waals surface area contributed by atoms with Gasteiger partial charge in [0.15, 0.2) is 0 Å². The molecule has 3 rings (SSSR count). The van der Waals surface area contributed by atoms with E-state index in [-0.39, 0.29) is 23.8 Å². The molecule has 2 heterocycles. The van der Waals surface area contributed by atoms with Crippen LogP contribution in [0.3, 0.4) is 0 Å². The number of sulfonamides is 1. The minimum Gasteiger partial charge on any atom is -0.465 e. The molecule has 32 heavy (non-hydrogen) atoms. The van der Waals surface area contributed by atoms with Gasteiger partial charge in [-0.15, -0.1) is 11.3 Å². The van der Waals surface area contributed by atoms with E-state index in [2.05, 4.69) is 15.4 Å². The molecular weight excluding hydrogens is 480 g/mol. The topological polar surface area (TPSA) is 125 Å². The zero-order valence-electron chi connectivity index (χ0n) is 17.2. The number of esters is 1. The zero-order chi connectivity index (χ0) is 23.5. The molecule has 1 atom stereocenters. The van der Waals surface area contributed by atoms with Crippen molar-refractivity contribution in [1.29, 1.82) is 0 Å². The maximum Gasteiger partial charge on any atom is 0.337 e. The number of thiophene rings is 1. The van der Waals surface area contributed by atoms with Crippen molar-refractivity contribution in [2.24, 2.45) is 0 Å². The first kappa shape index (κ1) is 24.0. The molecular formula is C19H21ClN4O6S2. The Bertz CT molecular complexity index is 1120. The Balaban J connectivity index is 1.75. The molecule has 0 saturated carbocycles. The first-order valence-electron chi connectivity index (χ1n) is 9.40. The summed E-state index contributed by atoms with van der Waals surface area (Å²) in [7, 11) is -1.29. The number of carbonyl (C=O) groups excluding carboxylic acids is 3. The Kier molecular flexibility index (Phi) is 7.39. The van der Waals surface area contributed by atoms with E-state index in [1.54, 1.807) is 12.1 Å². The predicted octanol–water partition coefficient (Wildman–Crippen LogP) is 1.84. The summed E-state index contributed by atoms with van der Waals surface area (Å²) >= 11 is 6.78. The monoisotopic (exact) mass is 500 g/mol. The van der Waals surface area contributed by atoms with Gasteiger partial charge in [0.2, 0.25) is 5.91 Å². The summed E-state index contributed by atoms with van der Waals surface area (Å²) in [6.45, 7) is -0.118. The summed E-state index contributed by atoms with van der Waals surface area (Å²) in [5.41, 5.74) is 0.764. The third-order valence-electron chi connectivity index (χ3n) is 4.84. The van der Waals surface area contributed by atoms with Crippen molar-refractivity contribution >= 4 is 56.6 Å². The average Bonchev–Trinajstić information content (AvgIpc) is 3.25. The smallest absolute Gasteiger partial charge is 0.337 e. The molecule has 3 amide bonds. The molecule has 0 bridgehead atoms. The van der Waals surface area contributed by atoms with Crippen LogP contribution in [0.15, 0.2) is 40.6 Å². The number of ether oxygens (including phenoxy) is 1. The van der Waals surface area contributed by atoms with Crippen molar-refractivity contribution in [2.75, 3.05) is 39.1 Å².